The number of carbonyl (C=O) groups is 4. The van der Waals surface area contributed by atoms with E-state index < -0.39 is 35.1 Å². The Labute approximate surface area is 189 Å². The lowest BCUT2D eigenvalue weighted by molar-refractivity contribution is -0.136. The van der Waals surface area contributed by atoms with Crippen molar-refractivity contribution in [3.8, 4) is 11.8 Å². The molecular formula is C23H22N6O4. The van der Waals surface area contributed by atoms with Gasteiger partial charge in [-0.05, 0) is 31.4 Å². The predicted molar refractivity (Wildman–Crippen MR) is 113 cm³/mol. The highest BCUT2D eigenvalue weighted by Gasteiger charge is 2.46. The SMILES string of the molecule is N#CC1(Cc2cn(-c3cccc4c3C(=O)N(C3CCC(=O)NC3=O)C4=O)nn2)CCCCC1. The Morgan fingerprint density at radius 3 is 2.64 bits per heavy atom. The van der Waals surface area contributed by atoms with Crippen LogP contribution < -0.4 is 5.32 Å². The maximum atomic E-state index is 13.3. The molecule has 1 N–H and O–H groups in total. The Morgan fingerprint density at radius 1 is 1.12 bits per heavy atom. The number of nitrogens with zero attached hydrogens (tertiary/aromatic N) is 5. The molecule has 1 atom stereocenters. The first-order valence-corrected chi connectivity index (χ1v) is 11.1. The number of nitrogens with one attached hydrogen (secondary N) is 1. The summed E-state index contributed by atoms with van der Waals surface area (Å²) in [4.78, 5) is 51.0. The number of aromatic nitrogens is 3. The van der Waals surface area contributed by atoms with Crippen molar-refractivity contribution < 1.29 is 19.2 Å². The standard InChI is InChI=1S/C23H22N6O4/c24-13-23(9-2-1-3-10-23)11-14-12-28(27-26-14)16-6-4-5-15-19(16)22(33)29(21(15)32)17-7-8-18(30)25-20(17)31/h4-6,12,17H,1-3,7-11H2,(H,25,30,31). The third-order valence-corrected chi connectivity index (χ3v) is 6.80. The molecule has 4 amide bonds. The molecule has 3 aliphatic rings. The highest BCUT2D eigenvalue weighted by molar-refractivity contribution is 6.24. The van der Waals surface area contributed by atoms with Gasteiger partial charge in [0.05, 0.1) is 40.2 Å². The highest BCUT2D eigenvalue weighted by Crippen LogP contribution is 2.38. The van der Waals surface area contributed by atoms with Gasteiger partial charge in [-0.1, -0.05) is 30.5 Å². The van der Waals surface area contributed by atoms with Gasteiger partial charge in [-0.25, -0.2) is 4.68 Å². The van der Waals surface area contributed by atoms with E-state index in [1.54, 1.807) is 18.3 Å². The van der Waals surface area contributed by atoms with E-state index in [0.29, 0.717) is 17.8 Å². The Balaban J connectivity index is 1.45. The average Bonchev–Trinajstić information content (AvgIpc) is 3.37. The van der Waals surface area contributed by atoms with E-state index in [1.807, 2.05) is 0 Å². The van der Waals surface area contributed by atoms with Gasteiger partial charge in [0.25, 0.3) is 11.8 Å². The molecule has 1 aromatic heterocycles. The van der Waals surface area contributed by atoms with Crippen LogP contribution in [0, 0.1) is 16.7 Å². The van der Waals surface area contributed by atoms with Crippen molar-refractivity contribution >= 4 is 23.6 Å². The maximum Gasteiger partial charge on any atom is 0.264 e. The van der Waals surface area contributed by atoms with Crippen molar-refractivity contribution in [2.24, 2.45) is 5.41 Å². The Kier molecular flexibility index (Phi) is 5.04. The fourth-order valence-corrected chi connectivity index (χ4v) is 5.09. The summed E-state index contributed by atoms with van der Waals surface area (Å²) < 4.78 is 1.45. The van der Waals surface area contributed by atoms with Crippen molar-refractivity contribution in [2.75, 3.05) is 0 Å². The van der Waals surface area contributed by atoms with Crippen molar-refractivity contribution in [3.63, 3.8) is 0 Å². The zero-order valence-electron chi connectivity index (χ0n) is 17.9. The molecule has 10 heteroatoms. The number of benzene rings is 1. The molecule has 1 aromatic carbocycles. The molecule has 2 aromatic rings. The molecular weight excluding hydrogens is 424 g/mol. The van der Waals surface area contributed by atoms with E-state index in [4.69, 9.17) is 0 Å². The van der Waals surface area contributed by atoms with Crippen LogP contribution in [0.2, 0.25) is 0 Å². The van der Waals surface area contributed by atoms with Crippen molar-refractivity contribution in [1.29, 1.82) is 5.26 Å². The smallest absolute Gasteiger partial charge is 0.264 e. The quantitative estimate of drug-likeness (QED) is 0.705. The topological polar surface area (TPSA) is 138 Å². The van der Waals surface area contributed by atoms with Crippen LogP contribution in [0.1, 0.15) is 71.4 Å². The largest absolute Gasteiger partial charge is 0.295 e. The van der Waals surface area contributed by atoms with Gasteiger partial charge in [0, 0.05) is 12.8 Å². The van der Waals surface area contributed by atoms with Crippen LogP contribution in [0.15, 0.2) is 24.4 Å². The summed E-state index contributed by atoms with van der Waals surface area (Å²) in [6.45, 7) is 0. The van der Waals surface area contributed by atoms with Gasteiger partial charge in [0.1, 0.15) is 6.04 Å². The van der Waals surface area contributed by atoms with E-state index in [-0.39, 0.29) is 24.0 Å². The van der Waals surface area contributed by atoms with Gasteiger partial charge < -0.3 is 0 Å². The van der Waals surface area contributed by atoms with Gasteiger partial charge in [0.15, 0.2) is 0 Å². The van der Waals surface area contributed by atoms with Crippen LogP contribution in [0.3, 0.4) is 0 Å². The number of hydrogen-bond acceptors (Lipinski definition) is 7. The minimum absolute atomic E-state index is 0.0593. The number of imide groups is 2. The normalized spacial score (nSPS) is 22.2. The molecule has 0 spiro atoms. The monoisotopic (exact) mass is 446 g/mol. The lowest BCUT2D eigenvalue weighted by Crippen LogP contribution is -2.54. The van der Waals surface area contributed by atoms with E-state index in [9.17, 15) is 24.4 Å². The lowest BCUT2D eigenvalue weighted by atomic mass is 9.72. The fraction of sp³-hybridized carbons (Fsp3) is 0.435. The lowest BCUT2D eigenvalue weighted by Gasteiger charge is -2.29. The minimum atomic E-state index is -1.03. The number of rotatable bonds is 4. The van der Waals surface area contributed by atoms with Gasteiger partial charge in [0.2, 0.25) is 11.8 Å². The molecule has 2 fully saturated rings. The summed E-state index contributed by atoms with van der Waals surface area (Å²) in [5.41, 5.74) is 0.909. The Morgan fingerprint density at radius 2 is 1.91 bits per heavy atom. The Bertz CT molecular complexity index is 1220. The maximum absolute atomic E-state index is 13.3. The zero-order chi connectivity index (χ0) is 23.2. The second kappa shape index (κ2) is 7.92. The van der Waals surface area contributed by atoms with Crippen LogP contribution in [-0.2, 0) is 16.0 Å². The molecule has 1 unspecified atom stereocenters. The van der Waals surface area contributed by atoms with Crippen molar-refractivity contribution in [1.82, 2.24) is 25.2 Å². The third-order valence-electron chi connectivity index (χ3n) is 6.80. The number of amides is 4. The van der Waals surface area contributed by atoms with Crippen LogP contribution >= 0.6 is 0 Å². The number of nitriles is 1. The summed E-state index contributed by atoms with van der Waals surface area (Å²) in [7, 11) is 0. The van der Waals surface area contributed by atoms with Gasteiger partial charge in [-0.3, -0.25) is 29.4 Å². The second-order valence-corrected chi connectivity index (χ2v) is 8.93. The molecule has 1 aliphatic carbocycles. The molecule has 0 radical (unpaired) electrons. The van der Waals surface area contributed by atoms with E-state index in [1.165, 1.54) is 10.7 Å². The van der Waals surface area contributed by atoms with Crippen molar-refractivity contribution in [3.05, 3.63) is 41.2 Å². The number of hydrogen-bond donors (Lipinski definition) is 1. The average molecular weight is 446 g/mol. The van der Waals surface area contributed by atoms with Crippen LogP contribution in [0.25, 0.3) is 5.69 Å². The molecule has 1 saturated carbocycles. The third kappa shape index (κ3) is 3.50. The predicted octanol–water partition coefficient (Wildman–Crippen LogP) is 1.69. The van der Waals surface area contributed by atoms with Crippen LogP contribution in [0.4, 0.5) is 0 Å². The van der Waals surface area contributed by atoms with Gasteiger partial charge in [-0.2, -0.15) is 5.26 Å². The van der Waals surface area contributed by atoms with Crippen LogP contribution in [0.5, 0.6) is 0 Å². The zero-order valence-corrected chi connectivity index (χ0v) is 17.9. The van der Waals surface area contributed by atoms with Crippen molar-refractivity contribution in [2.45, 2.75) is 57.4 Å². The molecule has 5 rings (SSSR count). The van der Waals surface area contributed by atoms with E-state index in [2.05, 4.69) is 21.7 Å². The molecule has 1 saturated heterocycles. The summed E-state index contributed by atoms with van der Waals surface area (Å²) in [6, 6.07) is 6.29. The molecule has 2 aliphatic heterocycles. The number of fused-ring (bicyclic) bond motifs is 1. The first kappa shape index (κ1) is 21.0. The Hall–Kier alpha value is -3.87. The molecule has 168 valence electrons. The fourth-order valence-electron chi connectivity index (χ4n) is 5.09. The minimum Gasteiger partial charge on any atom is -0.295 e. The summed E-state index contributed by atoms with van der Waals surface area (Å²) in [5.74, 6) is -2.24. The van der Waals surface area contributed by atoms with Gasteiger partial charge in [-0.15, -0.1) is 5.10 Å². The van der Waals surface area contributed by atoms with E-state index >= 15 is 0 Å². The second-order valence-electron chi connectivity index (χ2n) is 8.93. The molecule has 10 nitrogen and oxygen atoms in total. The molecule has 33 heavy (non-hydrogen) atoms. The summed E-state index contributed by atoms with van der Waals surface area (Å²) >= 11 is 0. The molecule has 3 heterocycles. The summed E-state index contributed by atoms with van der Waals surface area (Å²) in [5, 5.41) is 20.4. The van der Waals surface area contributed by atoms with Crippen LogP contribution in [-0.4, -0.2) is 49.6 Å². The van der Waals surface area contributed by atoms with Gasteiger partial charge >= 0.3 is 0 Å². The van der Waals surface area contributed by atoms with E-state index in [0.717, 1.165) is 37.0 Å². The highest BCUT2D eigenvalue weighted by atomic mass is 16.2. The number of carbonyl (C=O) groups excluding carboxylic acids is 4. The molecule has 0 bridgehead atoms. The summed E-state index contributed by atoms with van der Waals surface area (Å²) in [6.07, 6.45) is 7.13. The first-order chi connectivity index (χ1) is 15.9. The first-order valence-electron chi connectivity index (χ1n) is 11.1. The number of piperidine rings is 1.